The number of nitrogens with zero attached hydrogens (tertiary/aromatic N) is 1. The molecule has 3 heteroatoms. The third-order valence-electron chi connectivity index (χ3n) is 9.67. The highest BCUT2D eigenvalue weighted by molar-refractivity contribution is 7.26. The lowest BCUT2D eigenvalue weighted by Gasteiger charge is -2.26. The highest BCUT2D eigenvalue weighted by Crippen LogP contribution is 2.43. The summed E-state index contributed by atoms with van der Waals surface area (Å²) in [6.45, 7) is 0. The molecule has 230 valence electrons. The Hall–Kier alpha value is -5.74. The van der Waals surface area contributed by atoms with Crippen LogP contribution in [0.4, 0.5) is 17.1 Å². The van der Waals surface area contributed by atoms with E-state index in [1.807, 2.05) is 22.7 Å². The van der Waals surface area contributed by atoms with Gasteiger partial charge in [-0.15, -0.1) is 22.7 Å². The van der Waals surface area contributed by atoms with Crippen molar-refractivity contribution in [2.75, 3.05) is 4.90 Å². The molecule has 0 fully saturated rings. The fourth-order valence-electron chi connectivity index (χ4n) is 7.22. The van der Waals surface area contributed by atoms with Crippen LogP contribution >= 0.6 is 22.7 Å². The van der Waals surface area contributed by atoms with Crippen molar-refractivity contribution in [3.8, 4) is 22.3 Å². The van der Waals surface area contributed by atoms with Crippen LogP contribution in [0, 0.1) is 0 Å². The molecule has 49 heavy (non-hydrogen) atoms. The number of hydrogen-bond donors (Lipinski definition) is 0. The van der Waals surface area contributed by atoms with E-state index < -0.39 is 0 Å². The molecule has 10 aromatic rings. The van der Waals surface area contributed by atoms with Crippen LogP contribution < -0.4 is 4.90 Å². The van der Waals surface area contributed by atoms with Gasteiger partial charge in [0.25, 0.3) is 0 Å². The van der Waals surface area contributed by atoms with Crippen LogP contribution in [0.15, 0.2) is 176 Å². The molecular weight excluding hydrogens is 631 g/mol. The van der Waals surface area contributed by atoms with Crippen molar-refractivity contribution in [2.45, 2.75) is 0 Å². The quantitative estimate of drug-likeness (QED) is 0.178. The van der Waals surface area contributed by atoms with Gasteiger partial charge in [0, 0.05) is 57.4 Å². The molecule has 2 heterocycles. The second-order valence-corrected chi connectivity index (χ2v) is 14.7. The average molecular weight is 660 g/mol. The van der Waals surface area contributed by atoms with Crippen molar-refractivity contribution in [3.05, 3.63) is 176 Å². The van der Waals surface area contributed by atoms with Gasteiger partial charge in [0.05, 0.1) is 0 Å². The van der Waals surface area contributed by atoms with E-state index in [1.54, 1.807) is 0 Å². The Bertz CT molecular complexity index is 2810. The Balaban J connectivity index is 1.06. The first-order valence-corrected chi connectivity index (χ1v) is 18.2. The Morgan fingerprint density at radius 2 is 0.878 bits per heavy atom. The molecule has 0 saturated carbocycles. The first-order chi connectivity index (χ1) is 24.3. The maximum absolute atomic E-state index is 2.38. The third kappa shape index (κ3) is 4.82. The maximum Gasteiger partial charge on any atom is 0.0468 e. The minimum absolute atomic E-state index is 1.13. The van der Waals surface area contributed by atoms with Crippen LogP contribution in [0.1, 0.15) is 0 Å². The standard InChI is InChI=1S/C46H29NS2/c1-2-8-30(9-3-1)31-14-20-35(21-15-31)47(37-24-27-44-42(29-37)39-12-6-7-13-43(39)48-44)36-22-16-32(17-23-36)34-19-25-40-41-26-18-33-10-4-5-11-38(33)46(41)49-45(40)28-34/h1-29H. The predicted molar refractivity (Wildman–Crippen MR) is 215 cm³/mol. The molecule has 0 amide bonds. The SMILES string of the molecule is c1ccc(-c2ccc(N(c3ccc(-c4ccc5c(c4)sc4c6ccccc6ccc54)cc3)c3ccc4sc5ccccc5c4c3)cc2)cc1. The second-order valence-electron chi connectivity index (χ2n) is 12.6. The van der Waals surface area contributed by atoms with Crippen molar-refractivity contribution < 1.29 is 0 Å². The maximum atomic E-state index is 2.38. The van der Waals surface area contributed by atoms with Gasteiger partial charge in [-0.05, 0) is 87.6 Å². The Morgan fingerprint density at radius 1 is 0.306 bits per heavy atom. The molecule has 0 atom stereocenters. The zero-order chi connectivity index (χ0) is 32.3. The van der Waals surface area contributed by atoms with Crippen molar-refractivity contribution in [1.29, 1.82) is 0 Å². The summed E-state index contributed by atoms with van der Waals surface area (Å²) < 4.78 is 5.32. The lowest BCUT2D eigenvalue weighted by atomic mass is 10.0. The monoisotopic (exact) mass is 659 g/mol. The van der Waals surface area contributed by atoms with E-state index in [1.165, 1.54) is 73.4 Å². The number of anilines is 3. The molecule has 0 spiro atoms. The lowest BCUT2D eigenvalue weighted by molar-refractivity contribution is 1.29. The number of rotatable bonds is 5. The third-order valence-corrected chi connectivity index (χ3v) is 12.0. The van der Waals surface area contributed by atoms with Crippen LogP contribution in [0.3, 0.4) is 0 Å². The lowest BCUT2D eigenvalue weighted by Crippen LogP contribution is -2.09. The van der Waals surface area contributed by atoms with Gasteiger partial charge in [-0.2, -0.15) is 0 Å². The molecule has 10 rings (SSSR count). The van der Waals surface area contributed by atoms with Crippen LogP contribution in [0.25, 0.3) is 73.4 Å². The highest BCUT2D eigenvalue weighted by atomic mass is 32.1. The minimum Gasteiger partial charge on any atom is -0.310 e. The summed E-state index contributed by atoms with van der Waals surface area (Å²) in [5.74, 6) is 0. The Labute approximate surface area is 292 Å². The van der Waals surface area contributed by atoms with Crippen LogP contribution in [0.2, 0.25) is 0 Å². The predicted octanol–water partition coefficient (Wildman–Crippen LogP) is 14.4. The molecule has 0 unspecified atom stereocenters. The van der Waals surface area contributed by atoms with Gasteiger partial charge in [-0.25, -0.2) is 0 Å². The van der Waals surface area contributed by atoms with E-state index in [-0.39, 0.29) is 0 Å². The number of hydrogen-bond acceptors (Lipinski definition) is 3. The van der Waals surface area contributed by atoms with Gasteiger partial charge in [-0.3, -0.25) is 0 Å². The fourth-order valence-corrected chi connectivity index (χ4v) is 9.58. The molecule has 2 aromatic heterocycles. The molecular formula is C46H29NS2. The molecule has 0 aliphatic heterocycles. The molecule has 0 saturated heterocycles. The molecule has 0 bridgehead atoms. The summed E-state index contributed by atoms with van der Waals surface area (Å²) in [5, 5.41) is 7.90. The number of benzene rings is 8. The first kappa shape index (κ1) is 28.3. The summed E-state index contributed by atoms with van der Waals surface area (Å²) in [7, 11) is 0. The van der Waals surface area contributed by atoms with Gasteiger partial charge >= 0.3 is 0 Å². The summed E-state index contributed by atoms with van der Waals surface area (Å²) in [6, 6.07) is 64.4. The van der Waals surface area contributed by atoms with Gasteiger partial charge in [0.2, 0.25) is 0 Å². The molecule has 1 nitrogen and oxygen atoms in total. The highest BCUT2D eigenvalue weighted by Gasteiger charge is 2.16. The van der Waals surface area contributed by atoms with E-state index in [2.05, 4.69) is 181 Å². The zero-order valence-corrected chi connectivity index (χ0v) is 28.1. The van der Waals surface area contributed by atoms with Gasteiger partial charge in [0.15, 0.2) is 0 Å². The van der Waals surface area contributed by atoms with Gasteiger partial charge in [0.1, 0.15) is 0 Å². The Morgan fingerprint density at radius 3 is 1.67 bits per heavy atom. The number of thiophene rings is 2. The van der Waals surface area contributed by atoms with Crippen molar-refractivity contribution in [2.24, 2.45) is 0 Å². The Kier molecular flexibility index (Phi) is 6.61. The van der Waals surface area contributed by atoms with E-state index in [4.69, 9.17) is 0 Å². The fraction of sp³-hybridized carbons (Fsp3) is 0. The van der Waals surface area contributed by atoms with Crippen molar-refractivity contribution in [1.82, 2.24) is 0 Å². The molecule has 8 aromatic carbocycles. The summed E-state index contributed by atoms with van der Waals surface area (Å²) >= 11 is 3.75. The van der Waals surface area contributed by atoms with E-state index in [0.29, 0.717) is 0 Å². The van der Waals surface area contributed by atoms with E-state index in [9.17, 15) is 0 Å². The van der Waals surface area contributed by atoms with Crippen molar-refractivity contribution in [3.63, 3.8) is 0 Å². The zero-order valence-electron chi connectivity index (χ0n) is 26.5. The van der Waals surface area contributed by atoms with Gasteiger partial charge in [-0.1, -0.05) is 121 Å². The first-order valence-electron chi connectivity index (χ1n) is 16.6. The molecule has 0 aliphatic rings. The topological polar surface area (TPSA) is 3.24 Å². The normalized spacial score (nSPS) is 11.7. The van der Waals surface area contributed by atoms with Gasteiger partial charge < -0.3 is 4.90 Å². The van der Waals surface area contributed by atoms with E-state index >= 15 is 0 Å². The molecule has 0 radical (unpaired) electrons. The summed E-state index contributed by atoms with van der Waals surface area (Å²) in [6.07, 6.45) is 0. The van der Waals surface area contributed by atoms with Crippen LogP contribution in [0.5, 0.6) is 0 Å². The van der Waals surface area contributed by atoms with Crippen LogP contribution in [-0.4, -0.2) is 0 Å². The minimum atomic E-state index is 1.13. The largest absolute Gasteiger partial charge is 0.310 e. The van der Waals surface area contributed by atoms with Crippen LogP contribution in [-0.2, 0) is 0 Å². The average Bonchev–Trinajstić information content (AvgIpc) is 3.74. The summed E-state index contributed by atoms with van der Waals surface area (Å²) in [4.78, 5) is 2.38. The molecule has 0 aliphatic carbocycles. The van der Waals surface area contributed by atoms with E-state index in [0.717, 1.165) is 17.1 Å². The van der Waals surface area contributed by atoms with Crippen molar-refractivity contribution >= 4 is 90.9 Å². The smallest absolute Gasteiger partial charge is 0.0468 e. The molecule has 0 N–H and O–H groups in total. The second kappa shape index (κ2) is 11.5. The summed E-state index contributed by atoms with van der Waals surface area (Å²) in [5.41, 5.74) is 8.29. The number of fused-ring (bicyclic) bond motifs is 8.